The van der Waals surface area contributed by atoms with Gasteiger partial charge in [0, 0.05) is 6.61 Å². The van der Waals surface area contributed by atoms with Crippen molar-refractivity contribution in [2.45, 2.75) is 25.8 Å². The quantitative estimate of drug-likeness (QED) is 0.562. The second-order valence-corrected chi connectivity index (χ2v) is 4.08. The van der Waals surface area contributed by atoms with Crippen LogP contribution in [0, 0.1) is 0 Å². The molecule has 1 atom stereocenters. The van der Waals surface area contributed by atoms with Gasteiger partial charge in [-0.2, -0.15) is 0 Å². The lowest BCUT2D eigenvalue weighted by molar-refractivity contribution is -0.146. The number of ether oxygens (including phenoxy) is 2. The Hall–Kier alpha value is -1.39. The van der Waals surface area contributed by atoms with Gasteiger partial charge in [0.2, 0.25) is 0 Å². The number of carbonyl (C=O) groups excluding carboxylic acids is 1. The first-order valence-corrected chi connectivity index (χ1v) is 6.28. The van der Waals surface area contributed by atoms with Crippen LogP contribution in [0.15, 0.2) is 30.3 Å². The van der Waals surface area contributed by atoms with E-state index in [1.54, 1.807) is 0 Å². The van der Waals surface area contributed by atoms with Crippen molar-refractivity contribution in [1.82, 2.24) is 0 Å². The molecule has 1 aromatic carbocycles. The maximum absolute atomic E-state index is 11.6. The van der Waals surface area contributed by atoms with E-state index in [2.05, 4.69) is 0 Å². The maximum atomic E-state index is 11.6. The molecule has 0 radical (unpaired) electrons. The summed E-state index contributed by atoms with van der Waals surface area (Å²) in [4.78, 5) is 11.6. The third-order valence-corrected chi connectivity index (χ3v) is 2.42. The molecule has 0 aliphatic heterocycles. The van der Waals surface area contributed by atoms with Gasteiger partial charge < -0.3 is 15.2 Å². The minimum atomic E-state index is -0.612. The summed E-state index contributed by atoms with van der Waals surface area (Å²) >= 11 is 0. The topological polar surface area (TPSA) is 61.5 Å². The standard InChI is InChI=1S/C14H21NO3/c1-2-8-17-9-10-18-14(16)13(15)11-12-6-4-3-5-7-12/h3-7,13H,2,8-11,15H2,1H3/t13-/m1/s1. The van der Waals surface area contributed by atoms with Crippen LogP contribution >= 0.6 is 0 Å². The van der Waals surface area contributed by atoms with E-state index in [4.69, 9.17) is 15.2 Å². The van der Waals surface area contributed by atoms with Crippen LogP contribution in [0.3, 0.4) is 0 Å². The number of rotatable bonds is 8. The average Bonchev–Trinajstić information content (AvgIpc) is 2.39. The molecule has 2 N–H and O–H groups in total. The molecule has 0 aliphatic rings. The van der Waals surface area contributed by atoms with Crippen molar-refractivity contribution in [2.75, 3.05) is 19.8 Å². The Labute approximate surface area is 108 Å². The normalized spacial score (nSPS) is 12.1. The van der Waals surface area contributed by atoms with Gasteiger partial charge in [-0.05, 0) is 18.4 Å². The fourth-order valence-corrected chi connectivity index (χ4v) is 1.51. The fourth-order valence-electron chi connectivity index (χ4n) is 1.51. The van der Waals surface area contributed by atoms with Gasteiger partial charge in [0.05, 0.1) is 6.61 Å². The lowest BCUT2D eigenvalue weighted by Gasteiger charge is -2.11. The molecule has 1 aromatic rings. The Morgan fingerprint density at radius 2 is 1.94 bits per heavy atom. The van der Waals surface area contributed by atoms with Gasteiger partial charge in [0.15, 0.2) is 0 Å². The molecule has 0 unspecified atom stereocenters. The third kappa shape index (κ3) is 5.80. The van der Waals surface area contributed by atoms with E-state index in [9.17, 15) is 4.79 Å². The Bertz CT molecular complexity index is 340. The van der Waals surface area contributed by atoms with E-state index in [-0.39, 0.29) is 12.6 Å². The average molecular weight is 251 g/mol. The molecular weight excluding hydrogens is 230 g/mol. The summed E-state index contributed by atoms with van der Waals surface area (Å²) in [5, 5.41) is 0. The summed E-state index contributed by atoms with van der Waals surface area (Å²) in [6, 6.07) is 9.05. The van der Waals surface area contributed by atoms with Crippen LogP contribution in [0.2, 0.25) is 0 Å². The maximum Gasteiger partial charge on any atom is 0.323 e. The highest BCUT2D eigenvalue weighted by Crippen LogP contribution is 2.02. The number of hydrogen-bond donors (Lipinski definition) is 1. The molecule has 0 spiro atoms. The Morgan fingerprint density at radius 1 is 1.22 bits per heavy atom. The zero-order valence-electron chi connectivity index (χ0n) is 10.8. The molecule has 0 aliphatic carbocycles. The number of nitrogens with two attached hydrogens (primary N) is 1. The predicted molar refractivity (Wildman–Crippen MR) is 70.2 cm³/mol. The number of benzene rings is 1. The van der Waals surface area contributed by atoms with Crippen molar-refractivity contribution in [3.8, 4) is 0 Å². The summed E-state index contributed by atoms with van der Waals surface area (Å²) in [5.74, 6) is -0.376. The third-order valence-electron chi connectivity index (χ3n) is 2.42. The number of hydrogen-bond acceptors (Lipinski definition) is 4. The zero-order valence-corrected chi connectivity index (χ0v) is 10.8. The van der Waals surface area contributed by atoms with Crippen molar-refractivity contribution in [1.29, 1.82) is 0 Å². The molecule has 0 aromatic heterocycles. The first kappa shape index (κ1) is 14.7. The smallest absolute Gasteiger partial charge is 0.323 e. The van der Waals surface area contributed by atoms with E-state index in [1.807, 2.05) is 37.3 Å². The van der Waals surface area contributed by atoms with Crippen LogP contribution in [-0.2, 0) is 20.7 Å². The largest absolute Gasteiger partial charge is 0.462 e. The lowest BCUT2D eigenvalue weighted by Crippen LogP contribution is -2.35. The Kier molecular flexibility index (Phi) is 7.06. The number of carbonyl (C=O) groups is 1. The van der Waals surface area contributed by atoms with Crippen LogP contribution in [0.4, 0.5) is 0 Å². The van der Waals surface area contributed by atoms with Crippen LogP contribution < -0.4 is 5.73 Å². The molecule has 18 heavy (non-hydrogen) atoms. The van der Waals surface area contributed by atoms with Gasteiger partial charge in [-0.15, -0.1) is 0 Å². The second-order valence-electron chi connectivity index (χ2n) is 4.08. The van der Waals surface area contributed by atoms with Gasteiger partial charge in [0.25, 0.3) is 0 Å². The van der Waals surface area contributed by atoms with E-state index < -0.39 is 6.04 Å². The van der Waals surface area contributed by atoms with Crippen molar-refractivity contribution in [3.63, 3.8) is 0 Å². The summed E-state index contributed by atoms with van der Waals surface area (Å²) in [6.45, 7) is 3.41. The lowest BCUT2D eigenvalue weighted by atomic mass is 10.1. The summed E-state index contributed by atoms with van der Waals surface area (Å²) < 4.78 is 10.2. The van der Waals surface area contributed by atoms with Crippen molar-refractivity contribution in [3.05, 3.63) is 35.9 Å². The summed E-state index contributed by atoms with van der Waals surface area (Å²) in [5.41, 5.74) is 6.81. The minimum absolute atomic E-state index is 0.265. The van der Waals surface area contributed by atoms with Gasteiger partial charge in [-0.3, -0.25) is 4.79 Å². The minimum Gasteiger partial charge on any atom is -0.462 e. The molecule has 1 rings (SSSR count). The van der Waals surface area contributed by atoms with Crippen LogP contribution in [0.25, 0.3) is 0 Å². The number of esters is 1. The van der Waals surface area contributed by atoms with E-state index >= 15 is 0 Å². The monoisotopic (exact) mass is 251 g/mol. The predicted octanol–water partition coefficient (Wildman–Crippen LogP) is 1.53. The van der Waals surface area contributed by atoms with Crippen LogP contribution in [-0.4, -0.2) is 31.8 Å². The van der Waals surface area contributed by atoms with Gasteiger partial charge >= 0.3 is 5.97 Å². The molecule has 0 bridgehead atoms. The van der Waals surface area contributed by atoms with Crippen LogP contribution in [0.5, 0.6) is 0 Å². The molecule has 0 saturated carbocycles. The highest BCUT2D eigenvalue weighted by atomic mass is 16.6. The molecule has 4 nitrogen and oxygen atoms in total. The van der Waals surface area contributed by atoms with Crippen LogP contribution in [0.1, 0.15) is 18.9 Å². The first-order chi connectivity index (χ1) is 8.74. The van der Waals surface area contributed by atoms with Gasteiger partial charge in [-0.1, -0.05) is 37.3 Å². The molecule has 100 valence electrons. The van der Waals surface area contributed by atoms with E-state index in [0.717, 1.165) is 12.0 Å². The first-order valence-electron chi connectivity index (χ1n) is 6.28. The highest BCUT2D eigenvalue weighted by Gasteiger charge is 2.15. The van der Waals surface area contributed by atoms with Gasteiger partial charge in [0.1, 0.15) is 12.6 Å². The summed E-state index contributed by atoms with van der Waals surface area (Å²) in [6.07, 6.45) is 1.46. The molecule has 0 saturated heterocycles. The fraction of sp³-hybridized carbons (Fsp3) is 0.500. The molecule has 0 fully saturated rings. The van der Waals surface area contributed by atoms with Crippen molar-refractivity contribution in [2.24, 2.45) is 5.73 Å². The van der Waals surface area contributed by atoms with E-state index in [0.29, 0.717) is 19.6 Å². The summed E-state index contributed by atoms with van der Waals surface area (Å²) in [7, 11) is 0. The van der Waals surface area contributed by atoms with Crippen molar-refractivity contribution >= 4 is 5.97 Å². The molecule has 0 amide bonds. The molecule has 0 heterocycles. The molecular formula is C14H21NO3. The Balaban J connectivity index is 2.21. The van der Waals surface area contributed by atoms with E-state index in [1.165, 1.54) is 0 Å². The SMILES string of the molecule is CCCOCCOC(=O)[C@H](N)Cc1ccccc1. The highest BCUT2D eigenvalue weighted by molar-refractivity contribution is 5.75. The van der Waals surface area contributed by atoms with Gasteiger partial charge in [-0.25, -0.2) is 0 Å². The zero-order chi connectivity index (χ0) is 13.2. The second kappa shape index (κ2) is 8.66. The van der Waals surface area contributed by atoms with Crippen molar-refractivity contribution < 1.29 is 14.3 Å². The molecule has 4 heteroatoms. The Morgan fingerprint density at radius 3 is 2.61 bits per heavy atom.